The minimum atomic E-state index is 0.153. The fraction of sp³-hybridized carbons (Fsp3) is 0.538. The van der Waals surface area contributed by atoms with E-state index in [1.54, 1.807) is 0 Å². The molecule has 1 fully saturated rings. The zero-order valence-corrected chi connectivity index (χ0v) is 10.3. The maximum atomic E-state index is 6.02. The number of halogens is 1. The van der Waals surface area contributed by atoms with Gasteiger partial charge in [0.2, 0.25) is 0 Å². The Morgan fingerprint density at radius 3 is 2.81 bits per heavy atom. The van der Waals surface area contributed by atoms with Crippen LogP contribution in [0.4, 0.5) is 0 Å². The van der Waals surface area contributed by atoms with Crippen molar-refractivity contribution in [1.82, 2.24) is 5.32 Å². The van der Waals surface area contributed by atoms with Gasteiger partial charge in [0.25, 0.3) is 0 Å². The van der Waals surface area contributed by atoms with Crippen LogP contribution in [0.5, 0.6) is 5.75 Å². The molecule has 1 N–H and O–H groups in total. The molecule has 1 aliphatic rings. The molecule has 1 unspecified atom stereocenters. The van der Waals surface area contributed by atoms with Crippen molar-refractivity contribution in [3.05, 3.63) is 29.3 Å². The van der Waals surface area contributed by atoms with E-state index >= 15 is 0 Å². The average molecular weight is 240 g/mol. The lowest BCUT2D eigenvalue weighted by atomic mass is 9.93. The molecule has 2 rings (SSSR count). The van der Waals surface area contributed by atoms with Crippen molar-refractivity contribution >= 4 is 11.6 Å². The van der Waals surface area contributed by atoms with Crippen LogP contribution in [-0.2, 0) is 0 Å². The molecule has 0 aromatic heterocycles. The van der Waals surface area contributed by atoms with Crippen molar-refractivity contribution in [2.75, 3.05) is 6.54 Å². The number of rotatable bonds is 5. The fourth-order valence-electron chi connectivity index (χ4n) is 1.74. The number of ether oxygens (including phenoxy) is 1. The Hall–Kier alpha value is -0.730. The van der Waals surface area contributed by atoms with Crippen molar-refractivity contribution in [1.29, 1.82) is 0 Å². The summed E-state index contributed by atoms with van der Waals surface area (Å²) in [4.78, 5) is 0. The zero-order chi connectivity index (χ0) is 11.4. The van der Waals surface area contributed by atoms with Gasteiger partial charge in [-0.3, -0.25) is 0 Å². The Balaban J connectivity index is 1.77. The van der Waals surface area contributed by atoms with E-state index in [0.717, 1.165) is 12.3 Å². The molecule has 1 aromatic rings. The summed E-state index contributed by atoms with van der Waals surface area (Å²) in [6.45, 7) is 2.95. The monoisotopic (exact) mass is 239 g/mol. The predicted octanol–water partition coefficient (Wildman–Crippen LogP) is 3.25. The fourth-order valence-corrected chi connectivity index (χ4v) is 1.92. The number of hydrogen-bond donors (Lipinski definition) is 1. The lowest BCUT2D eigenvalue weighted by molar-refractivity contribution is 0.199. The SMILES string of the molecule is CC(CNC1CCC1)Oc1ccccc1Cl. The van der Waals surface area contributed by atoms with Gasteiger partial charge in [0.1, 0.15) is 11.9 Å². The second-order valence-electron chi connectivity index (χ2n) is 4.39. The normalized spacial score (nSPS) is 17.9. The van der Waals surface area contributed by atoms with Gasteiger partial charge in [0.15, 0.2) is 0 Å². The molecule has 88 valence electrons. The highest BCUT2D eigenvalue weighted by Crippen LogP contribution is 2.24. The Labute approximate surface area is 102 Å². The smallest absolute Gasteiger partial charge is 0.138 e. The quantitative estimate of drug-likeness (QED) is 0.852. The van der Waals surface area contributed by atoms with Gasteiger partial charge in [-0.1, -0.05) is 30.2 Å². The second kappa shape index (κ2) is 5.55. The second-order valence-corrected chi connectivity index (χ2v) is 4.80. The zero-order valence-electron chi connectivity index (χ0n) is 9.58. The van der Waals surface area contributed by atoms with Crippen molar-refractivity contribution < 1.29 is 4.74 Å². The maximum Gasteiger partial charge on any atom is 0.138 e. The van der Waals surface area contributed by atoms with Crippen molar-refractivity contribution in [3.63, 3.8) is 0 Å². The van der Waals surface area contributed by atoms with E-state index in [9.17, 15) is 0 Å². The Morgan fingerprint density at radius 2 is 2.19 bits per heavy atom. The molecule has 0 radical (unpaired) electrons. The molecule has 0 amide bonds. The number of benzene rings is 1. The summed E-state index contributed by atoms with van der Waals surface area (Å²) in [5, 5.41) is 4.17. The van der Waals surface area contributed by atoms with E-state index in [1.165, 1.54) is 19.3 Å². The standard InChI is InChI=1S/C13H18ClNO/c1-10(9-15-11-5-4-6-11)16-13-8-3-2-7-12(13)14/h2-3,7-8,10-11,15H,4-6,9H2,1H3. The summed E-state index contributed by atoms with van der Waals surface area (Å²) < 4.78 is 5.77. The summed E-state index contributed by atoms with van der Waals surface area (Å²) in [6.07, 6.45) is 4.12. The van der Waals surface area contributed by atoms with Crippen LogP contribution in [0.15, 0.2) is 24.3 Å². The molecule has 16 heavy (non-hydrogen) atoms. The Morgan fingerprint density at radius 1 is 1.44 bits per heavy atom. The van der Waals surface area contributed by atoms with Gasteiger partial charge >= 0.3 is 0 Å². The average Bonchev–Trinajstić information content (AvgIpc) is 2.19. The van der Waals surface area contributed by atoms with Crippen LogP contribution in [0.2, 0.25) is 5.02 Å². The van der Waals surface area contributed by atoms with Crippen molar-refractivity contribution in [3.8, 4) is 5.75 Å². The molecule has 0 spiro atoms. The van der Waals surface area contributed by atoms with Crippen LogP contribution in [0.1, 0.15) is 26.2 Å². The predicted molar refractivity (Wildman–Crippen MR) is 67.2 cm³/mol. The number of para-hydroxylation sites is 1. The Kier molecular flexibility index (Phi) is 4.08. The van der Waals surface area contributed by atoms with E-state index in [-0.39, 0.29) is 6.10 Å². The molecule has 0 bridgehead atoms. The highest BCUT2D eigenvalue weighted by Gasteiger charge is 2.17. The lowest BCUT2D eigenvalue weighted by Crippen LogP contribution is -2.40. The molecule has 0 heterocycles. The largest absolute Gasteiger partial charge is 0.488 e. The van der Waals surface area contributed by atoms with Crippen LogP contribution in [-0.4, -0.2) is 18.7 Å². The van der Waals surface area contributed by atoms with Crippen LogP contribution in [0.25, 0.3) is 0 Å². The van der Waals surface area contributed by atoms with E-state index in [4.69, 9.17) is 16.3 Å². The van der Waals surface area contributed by atoms with Crippen LogP contribution < -0.4 is 10.1 Å². The molecular weight excluding hydrogens is 222 g/mol. The van der Waals surface area contributed by atoms with Gasteiger partial charge in [-0.25, -0.2) is 0 Å². The third-order valence-electron chi connectivity index (χ3n) is 2.96. The first-order valence-corrected chi connectivity index (χ1v) is 6.28. The van der Waals surface area contributed by atoms with Gasteiger partial charge in [0.05, 0.1) is 5.02 Å². The topological polar surface area (TPSA) is 21.3 Å². The van der Waals surface area contributed by atoms with E-state index in [1.807, 2.05) is 24.3 Å². The van der Waals surface area contributed by atoms with Crippen LogP contribution in [0, 0.1) is 0 Å². The molecule has 1 atom stereocenters. The van der Waals surface area contributed by atoms with E-state index < -0.39 is 0 Å². The molecule has 1 aromatic carbocycles. The lowest BCUT2D eigenvalue weighted by Gasteiger charge is -2.28. The molecule has 1 saturated carbocycles. The summed E-state index contributed by atoms with van der Waals surface area (Å²) >= 11 is 6.02. The summed E-state index contributed by atoms with van der Waals surface area (Å²) in [7, 11) is 0. The maximum absolute atomic E-state index is 6.02. The molecule has 2 nitrogen and oxygen atoms in total. The summed E-state index contributed by atoms with van der Waals surface area (Å²) in [5.41, 5.74) is 0. The van der Waals surface area contributed by atoms with Crippen molar-refractivity contribution in [2.24, 2.45) is 0 Å². The van der Waals surface area contributed by atoms with Gasteiger partial charge in [0, 0.05) is 12.6 Å². The number of nitrogens with one attached hydrogen (secondary N) is 1. The molecule has 3 heteroatoms. The first kappa shape index (κ1) is 11.7. The van der Waals surface area contributed by atoms with E-state index in [2.05, 4.69) is 12.2 Å². The summed E-state index contributed by atoms with van der Waals surface area (Å²) in [5.74, 6) is 0.770. The highest BCUT2D eigenvalue weighted by atomic mass is 35.5. The number of hydrogen-bond acceptors (Lipinski definition) is 2. The third kappa shape index (κ3) is 3.13. The van der Waals surface area contributed by atoms with Crippen molar-refractivity contribution in [2.45, 2.75) is 38.3 Å². The van der Waals surface area contributed by atoms with Gasteiger partial charge in [-0.15, -0.1) is 0 Å². The minimum absolute atomic E-state index is 0.153. The molecule has 1 aliphatic carbocycles. The van der Waals surface area contributed by atoms with Crippen LogP contribution >= 0.6 is 11.6 Å². The van der Waals surface area contributed by atoms with Gasteiger partial charge in [-0.05, 0) is 31.9 Å². The van der Waals surface area contributed by atoms with E-state index in [0.29, 0.717) is 11.1 Å². The first-order valence-electron chi connectivity index (χ1n) is 5.90. The molecule has 0 saturated heterocycles. The minimum Gasteiger partial charge on any atom is -0.488 e. The third-order valence-corrected chi connectivity index (χ3v) is 3.28. The molecular formula is C13H18ClNO. The molecule has 0 aliphatic heterocycles. The van der Waals surface area contributed by atoms with Crippen LogP contribution in [0.3, 0.4) is 0 Å². The van der Waals surface area contributed by atoms with Gasteiger partial charge < -0.3 is 10.1 Å². The highest BCUT2D eigenvalue weighted by molar-refractivity contribution is 6.32. The first-order chi connectivity index (χ1) is 7.75. The van der Waals surface area contributed by atoms with Gasteiger partial charge in [-0.2, -0.15) is 0 Å². The summed E-state index contributed by atoms with van der Waals surface area (Å²) in [6, 6.07) is 8.31. The Bertz CT molecular complexity index is 338.